The molecule has 0 saturated carbocycles. The summed E-state index contributed by atoms with van der Waals surface area (Å²) in [6, 6.07) is 13.9. The molecule has 6 heteroatoms. The number of thiophene rings is 1. The molecule has 0 aliphatic heterocycles. The minimum absolute atomic E-state index is 0.00779. The molecule has 0 aliphatic rings. The summed E-state index contributed by atoms with van der Waals surface area (Å²) in [6.45, 7) is 2.12. The molecule has 5 nitrogen and oxygen atoms in total. The lowest BCUT2D eigenvalue weighted by atomic mass is 10.2. The number of carbonyl (C=O) groups is 1. The smallest absolute Gasteiger partial charge is 0.261 e. The predicted molar refractivity (Wildman–Crippen MR) is 95.9 cm³/mol. The fourth-order valence-electron chi connectivity index (χ4n) is 1.99. The van der Waals surface area contributed by atoms with Crippen molar-refractivity contribution in [3.8, 4) is 0 Å². The largest absolute Gasteiger partial charge is 0.356 e. The van der Waals surface area contributed by atoms with Gasteiger partial charge in [-0.05, 0) is 23.4 Å². The van der Waals surface area contributed by atoms with E-state index in [9.17, 15) is 4.79 Å². The van der Waals surface area contributed by atoms with Gasteiger partial charge in [0.05, 0.1) is 4.88 Å². The lowest BCUT2D eigenvalue weighted by Gasteiger charge is -2.12. The van der Waals surface area contributed by atoms with Crippen LogP contribution >= 0.6 is 11.3 Å². The van der Waals surface area contributed by atoms with Gasteiger partial charge in [-0.25, -0.2) is 0 Å². The van der Waals surface area contributed by atoms with E-state index in [0.29, 0.717) is 6.54 Å². The molecule has 2 rings (SSSR count). The summed E-state index contributed by atoms with van der Waals surface area (Å²) >= 11 is 1.45. The van der Waals surface area contributed by atoms with Crippen LogP contribution in [0.3, 0.4) is 0 Å². The predicted octanol–water partition coefficient (Wildman–Crippen LogP) is 2.23. The van der Waals surface area contributed by atoms with E-state index in [1.165, 1.54) is 16.9 Å². The van der Waals surface area contributed by atoms with Crippen molar-refractivity contribution < 1.29 is 4.79 Å². The third kappa shape index (κ3) is 6.12. The second-order valence-corrected chi connectivity index (χ2v) is 5.87. The molecule has 0 fully saturated rings. The SMILES string of the molecule is CN=C(NCCCNC(=O)c1cccs1)NCc1ccccc1. The molecule has 3 N–H and O–H groups in total. The molecule has 0 saturated heterocycles. The standard InChI is InChI=1S/C17H22N4OS/c1-18-17(21-13-14-7-3-2-4-8-14)20-11-6-10-19-16(22)15-9-5-12-23-15/h2-5,7-9,12H,6,10-11,13H2,1H3,(H,19,22)(H2,18,20,21). The van der Waals surface area contributed by atoms with Crippen LogP contribution in [0.15, 0.2) is 52.8 Å². The number of amides is 1. The van der Waals surface area contributed by atoms with Gasteiger partial charge in [0.25, 0.3) is 5.91 Å². The number of aliphatic imine (C=N–C) groups is 1. The lowest BCUT2D eigenvalue weighted by molar-refractivity contribution is 0.0957. The van der Waals surface area contributed by atoms with E-state index in [-0.39, 0.29) is 5.91 Å². The van der Waals surface area contributed by atoms with Crippen molar-refractivity contribution in [2.24, 2.45) is 4.99 Å². The molecule has 1 aromatic heterocycles. The van der Waals surface area contributed by atoms with Crippen molar-refractivity contribution in [3.63, 3.8) is 0 Å². The molecule has 23 heavy (non-hydrogen) atoms. The van der Waals surface area contributed by atoms with Gasteiger partial charge in [0, 0.05) is 26.7 Å². The second-order valence-electron chi connectivity index (χ2n) is 4.92. The van der Waals surface area contributed by atoms with Gasteiger partial charge < -0.3 is 16.0 Å². The Bertz CT molecular complexity index is 611. The number of nitrogens with zero attached hydrogens (tertiary/aromatic N) is 1. The summed E-state index contributed by atoms with van der Waals surface area (Å²) in [5.41, 5.74) is 1.21. The van der Waals surface area contributed by atoms with Gasteiger partial charge in [0.1, 0.15) is 0 Å². The fourth-order valence-corrected chi connectivity index (χ4v) is 2.63. The first kappa shape index (κ1) is 17.0. The Labute approximate surface area is 140 Å². The third-order valence-electron chi connectivity index (χ3n) is 3.20. The molecule has 1 aromatic carbocycles. The highest BCUT2D eigenvalue weighted by atomic mass is 32.1. The Morgan fingerprint density at radius 3 is 2.52 bits per heavy atom. The highest BCUT2D eigenvalue weighted by molar-refractivity contribution is 7.12. The third-order valence-corrected chi connectivity index (χ3v) is 4.07. The van der Waals surface area contributed by atoms with Crippen LogP contribution in [0, 0.1) is 0 Å². The molecular formula is C17H22N4OS. The summed E-state index contributed by atoms with van der Waals surface area (Å²) in [6.07, 6.45) is 0.836. The van der Waals surface area contributed by atoms with Crippen LogP contribution in [-0.4, -0.2) is 32.0 Å². The first-order valence-electron chi connectivity index (χ1n) is 7.60. The van der Waals surface area contributed by atoms with Crippen molar-refractivity contribution in [2.75, 3.05) is 20.1 Å². The maximum absolute atomic E-state index is 11.8. The molecule has 122 valence electrons. The van der Waals surface area contributed by atoms with Crippen LogP contribution in [0.1, 0.15) is 21.7 Å². The topological polar surface area (TPSA) is 65.5 Å². The van der Waals surface area contributed by atoms with Crippen molar-refractivity contribution in [1.29, 1.82) is 0 Å². The van der Waals surface area contributed by atoms with Crippen LogP contribution in [0.25, 0.3) is 0 Å². The number of hydrogen-bond donors (Lipinski definition) is 3. The van der Waals surface area contributed by atoms with Crippen LogP contribution in [0.5, 0.6) is 0 Å². The van der Waals surface area contributed by atoms with Gasteiger partial charge in [0.2, 0.25) is 0 Å². The van der Waals surface area contributed by atoms with E-state index >= 15 is 0 Å². The first-order valence-corrected chi connectivity index (χ1v) is 8.47. The average Bonchev–Trinajstić information content (AvgIpc) is 3.12. The summed E-state index contributed by atoms with van der Waals surface area (Å²) in [4.78, 5) is 16.7. The highest BCUT2D eigenvalue weighted by Crippen LogP contribution is 2.07. The van der Waals surface area contributed by atoms with E-state index < -0.39 is 0 Å². The van der Waals surface area contributed by atoms with Gasteiger partial charge >= 0.3 is 0 Å². The molecule has 2 aromatic rings. The Balaban J connectivity index is 1.59. The fraction of sp³-hybridized carbons (Fsp3) is 0.294. The number of carbonyl (C=O) groups excluding carboxylic acids is 1. The summed E-state index contributed by atoms with van der Waals surface area (Å²) in [5.74, 6) is 0.755. The Morgan fingerprint density at radius 1 is 1.04 bits per heavy atom. The second kappa shape index (κ2) is 9.63. The Hall–Kier alpha value is -2.34. The number of rotatable bonds is 7. The van der Waals surface area contributed by atoms with E-state index in [0.717, 1.165) is 30.3 Å². The summed E-state index contributed by atoms with van der Waals surface area (Å²) < 4.78 is 0. The zero-order chi connectivity index (χ0) is 16.3. The van der Waals surface area contributed by atoms with Crippen LogP contribution in [-0.2, 0) is 6.54 Å². The lowest BCUT2D eigenvalue weighted by Crippen LogP contribution is -2.38. The minimum Gasteiger partial charge on any atom is -0.356 e. The quantitative estimate of drug-likeness (QED) is 0.414. The number of benzene rings is 1. The number of hydrogen-bond acceptors (Lipinski definition) is 3. The summed E-state index contributed by atoms with van der Waals surface area (Å²) in [5, 5.41) is 11.3. The van der Waals surface area contributed by atoms with Gasteiger partial charge in [-0.3, -0.25) is 9.79 Å². The van der Waals surface area contributed by atoms with E-state index in [2.05, 4.69) is 33.1 Å². The number of guanidine groups is 1. The van der Waals surface area contributed by atoms with E-state index in [4.69, 9.17) is 0 Å². The molecule has 0 radical (unpaired) electrons. The molecule has 0 aliphatic carbocycles. The van der Waals surface area contributed by atoms with E-state index in [1.807, 2.05) is 35.7 Å². The Morgan fingerprint density at radius 2 is 1.83 bits per heavy atom. The normalized spacial score (nSPS) is 11.1. The van der Waals surface area contributed by atoms with Crippen molar-refractivity contribution in [3.05, 3.63) is 58.3 Å². The summed E-state index contributed by atoms with van der Waals surface area (Å²) in [7, 11) is 1.75. The Kier molecular flexibility index (Phi) is 7.13. The van der Waals surface area contributed by atoms with Gasteiger partial charge in [-0.2, -0.15) is 0 Å². The highest BCUT2D eigenvalue weighted by Gasteiger charge is 2.04. The molecule has 0 bridgehead atoms. The van der Waals surface area contributed by atoms with E-state index in [1.54, 1.807) is 7.05 Å². The molecule has 0 unspecified atom stereocenters. The molecule has 0 atom stereocenters. The molecular weight excluding hydrogens is 308 g/mol. The zero-order valence-corrected chi connectivity index (χ0v) is 14.0. The minimum atomic E-state index is -0.00779. The number of nitrogens with one attached hydrogen (secondary N) is 3. The van der Waals surface area contributed by atoms with Crippen LogP contribution in [0.4, 0.5) is 0 Å². The van der Waals surface area contributed by atoms with Crippen molar-refractivity contribution in [2.45, 2.75) is 13.0 Å². The van der Waals surface area contributed by atoms with Gasteiger partial charge in [-0.1, -0.05) is 36.4 Å². The molecule has 0 spiro atoms. The maximum Gasteiger partial charge on any atom is 0.261 e. The van der Waals surface area contributed by atoms with Crippen LogP contribution in [0.2, 0.25) is 0 Å². The van der Waals surface area contributed by atoms with Crippen molar-refractivity contribution >= 4 is 23.2 Å². The van der Waals surface area contributed by atoms with Crippen molar-refractivity contribution in [1.82, 2.24) is 16.0 Å². The molecule has 1 amide bonds. The van der Waals surface area contributed by atoms with Gasteiger partial charge in [0.15, 0.2) is 5.96 Å². The first-order chi connectivity index (χ1) is 11.3. The monoisotopic (exact) mass is 330 g/mol. The zero-order valence-electron chi connectivity index (χ0n) is 13.2. The van der Waals surface area contributed by atoms with Gasteiger partial charge in [-0.15, -0.1) is 11.3 Å². The average molecular weight is 330 g/mol. The maximum atomic E-state index is 11.8. The van der Waals surface area contributed by atoms with Crippen LogP contribution < -0.4 is 16.0 Å². The molecule has 1 heterocycles.